The summed E-state index contributed by atoms with van der Waals surface area (Å²) in [6.07, 6.45) is 6.21. The molecule has 1 heterocycles. The van der Waals surface area contributed by atoms with Gasteiger partial charge in [0.25, 0.3) is 0 Å². The fourth-order valence-electron chi connectivity index (χ4n) is 4.79. The van der Waals surface area contributed by atoms with Crippen LogP contribution in [0.15, 0.2) is 36.4 Å². The van der Waals surface area contributed by atoms with Gasteiger partial charge >= 0.3 is 0 Å². The molecule has 2 aliphatic carbocycles. The molecule has 0 aromatic heterocycles. The van der Waals surface area contributed by atoms with E-state index in [0.717, 1.165) is 55.2 Å². The van der Waals surface area contributed by atoms with Gasteiger partial charge in [-0.3, -0.25) is 4.79 Å². The molecule has 5 rings (SSSR count). The van der Waals surface area contributed by atoms with Crippen LogP contribution in [0.5, 0.6) is 17.2 Å². The van der Waals surface area contributed by atoms with Gasteiger partial charge in [0.05, 0.1) is 13.5 Å². The average Bonchev–Trinajstić information content (AvgIpc) is 3.46. The molecule has 5 heteroatoms. The van der Waals surface area contributed by atoms with E-state index in [1.807, 2.05) is 24.3 Å². The van der Waals surface area contributed by atoms with Gasteiger partial charge in [-0.2, -0.15) is 0 Å². The quantitative estimate of drug-likeness (QED) is 0.686. The maximum absolute atomic E-state index is 13.3. The molecule has 2 aromatic rings. The summed E-state index contributed by atoms with van der Waals surface area (Å²) in [6, 6.07) is 12.2. The van der Waals surface area contributed by atoms with E-state index in [1.165, 1.54) is 24.0 Å². The smallest absolute Gasteiger partial charge is 0.231 e. The Morgan fingerprint density at radius 3 is 2.80 bits per heavy atom. The molecule has 0 N–H and O–H groups in total. The molecular weight excluding hydrogens is 378 g/mol. The van der Waals surface area contributed by atoms with Crippen molar-refractivity contribution in [3.63, 3.8) is 0 Å². The lowest BCUT2D eigenvalue weighted by atomic mass is 9.82. The molecule has 0 spiro atoms. The molecule has 0 bridgehead atoms. The minimum Gasteiger partial charge on any atom is -0.496 e. The minimum absolute atomic E-state index is 0.204. The van der Waals surface area contributed by atoms with Crippen LogP contribution >= 0.6 is 0 Å². The summed E-state index contributed by atoms with van der Waals surface area (Å²) in [6.45, 7) is 1.92. The topological polar surface area (TPSA) is 48.0 Å². The molecule has 1 atom stereocenters. The van der Waals surface area contributed by atoms with Crippen molar-refractivity contribution in [3.05, 3.63) is 53.1 Å². The van der Waals surface area contributed by atoms with Crippen molar-refractivity contribution in [2.75, 3.05) is 27.0 Å². The van der Waals surface area contributed by atoms with Crippen molar-refractivity contribution in [1.29, 1.82) is 0 Å². The Kier molecular flexibility index (Phi) is 5.28. The van der Waals surface area contributed by atoms with E-state index < -0.39 is 0 Å². The van der Waals surface area contributed by atoms with Crippen molar-refractivity contribution < 1.29 is 19.0 Å². The lowest BCUT2D eigenvalue weighted by Crippen LogP contribution is -2.38. The number of benzene rings is 2. The van der Waals surface area contributed by atoms with Gasteiger partial charge in [-0.25, -0.2) is 0 Å². The number of hydrogen-bond donors (Lipinski definition) is 0. The van der Waals surface area contributed by atoms with E-state index in [0.29, 0.717) is 18.3 Å². The van der Waals surface area contributed by atoms with E-state index in [4.69, 9.17) is 14.2 Å². The second-order valence-corrected chi connectivity index (χ2v) is 8.72. The van der Waals surface area contributed by atoms with E-state index >= 15 is 0 Å². The monoisotopic (exact) mass is 407 g/mol. The van der Waals surface area contributed by atoms with Crippen LogP contribution in [0.2, 0.25) is 0 Å². The van der Waals surface area contributed by atoms with Crippen LogP contribution in [0.4, 0.5) is 0 Å². The number of fused-ring (bicyclic) bond motifs is 2. The Bertz CT molecular complexity index is 937. The standard InChI is InChI=1S/C25H29NO4/c1-28-22-7-3-5-20-19(4-2-6-21(20)22)15-26(14-17-8-9-17)25(27)13-18-10-11-23-24(12-18)30-16-29-23/h3,5,7,10-12,17,19H,2,4,6,8-9,13-16H2,1H3/t19-/m0/s1. The Hall–Kier alpha value is -2.69. The maximum Gasteiger partial charge on any atom is 0.231 e. The normalized spacial score (nSPS) is 19.3. The van der Waals surface area contributed by atoms with Gasteiger partial charge in [0, 0.05) is 19.0 Å². The van der Waals surface area contributed by atoms with Crippen molar-refractivity contribution in [2.45, 2.75) is 44.4 Å². The zero-order valence-corrected chi connectivity index (χ0v) is 17.6. The van der Waals surface area contributed by atoms with E-state index in [2.05, 4.69) is 17.0 Å². The van der Waals surface area contributed by atoms with Gasteiger partial charge in [-0.1, -0.05) is 18.2 Å². The number of amides is 1. The largest absolute Gasteiger partial charge is 0.496 e. The van der Waals surface area contributed by atoms with Crippen LogP contribution in [0.1, 0.15) is 48.3 Å². The van der Waals surface area contributed by atoms with Gasteiger partial charge < -0.3 is 19.1 Å². The Labute approximate surface area is 177 Å². The molecule has 158 valence electrons. The van der Waals surface area contributed by atoms with E-state index in [9.17, 15) is 4.79 Å². The third-order valence-corrected chi connectivity index (χ3v) is 6.57. The number of methoxy groups -OCH3 is 1. The maximum atomic E-state index is 13.3. The summed E-state index contributed by atoms with van der Waals surface area (Å²) < 4.78 is 16.5. The van der Waals surface area contributed by atoms with Gasteiger partial charge in [0.2, 0.25) is 12.7 Å². The highest BCUT2D eigenvalue weighted by Crippen LogP contribution is 2.38. The Morgan fingerprint density at radius 1 is 1.10 bits per heavy atom. The summed E-state index contributed by atoms with van der Waals surface area (Å²) in [5.74, 6) is 3.73. The molecule has 1 fully saturated rings. The van der Waals surface area contributed by atoms with Crippen LogP contribution in [0.3, 0.4) is 0 Å². The number of carbonyl (C=O) groups is 1. The summed E-state index contributed by atoms with van der Waals surface area (Å²) >= 11 is 0. The molecule has 30 heavy (non-hydrogen) atoms. The molecule has 0 radical (unpaired) electrons. The van der Waals surface area contributed by atoms with E-state index in [-0.39, 0.29) is 12.7 Å². The summed E-state index contributed by atoms with van der Waals surface area (Å²) in [4.78, 5) is 15.4. The summed E-state index contributed by atoms with van der Waals surface area (Å²) in [7, 11) is 1.74. The molecule has 0 saturated heterocycles. The van der Waals surface area contributed by atoms with Crippen LogP contribution in [-0.2, 0) is 17.6 Å². The highest BCUT2D eigenvalue weighted by Gasteiger charge is 2.31. The Morgan fingerprint density at radius 2 is 1.97 bits per heavy atom. The van der Waals surface area contributed by atoms with Gasteiger partial charge in [0.15, 0.2) is 11.5 Å². The first kappa shape index (κ1) is 19.3. The fraction of sp³-hybridized carbons (Fsp3) is 0.480. The van der Waals surface area contributed by atoms with Gasteiger partial charge in [-0.15, -0.1) is 0 Å². The van der Waals surface area contributed by atoms with Gasteiger partial charge in [0.1, 0.15) is 5.75 Å². The molecule has 1 aliphatic heterocycles. The van der Waals surface area contributed by atoms with Gasteiger partial charge in [-0.05, 0) is 72.9 Å². The second-order valence-electron chi connectivity index (χ2n) is 8.72. The van der Waals surface area contributed by atoms with Crippen LogP contribution < -0.4 is 14.2 Å². The highest BCUT2D eigenvalue weighted by molar-refractivity contribution is 5.79. The molecule has 1 saturated carbocycles. The van der Waals surface area contributed by atoms with Crippen molar-refractivity contribution in [1.82, 2.24) is 4.90 Å². The molecule has 0 unspecified atom stereocenters. The third kappa shape index (κ3) is 3.98. The number of carbonyl (C=O) groups excluding carboxylic acids is 1. The predicted octanol–water partition coefficient (Wildman–Crippen LogP) is 4.33. The SMILES string of the molecule is COc1cccc2c1CCC[C@H]2CN(CC1CC1)C(=O)Cc1ccc2c(c1)OCO2. The van der Waals surface area contributed by atoms with Crippen LogP contribution in [0.25, 0.3) is 0 Å². The Balaban J connectivity index is 1.33. The fourth-order valence-corrected chi connectivity index (χ4v) is 4.79. The first-order chi connectivity index (χ1) is 14.7. The number of ether oxygens (including phenoxy) is 3. The number of nitrogens with zero attached hydrogens (tertiary/aromatic N) is 1. The minimum atomic E-state index is 0.204. The molecular formula is C25H29NO4. The van der Waals surface area contributed by atoms with Crippen LogP contribution in [-0.4, -0.2) is 37.8 Å². The first-order valence-electron chi connectivity index (χ1n) is 11.0. The zero-order chi connectivity index (χ0) is 20.5. The number of hydrogen-bond acceptors (Lipinski definition) is 4. The van der Waals surface area contributed by atoms with E-state index in [1.54, 1.807) is 7.11 Å². The highest BCUT2D eigenvalue weighted by atomic mass is 16.7. The average molecular weight is 408 g/mol. The third-order valence-electron chi connectivity index (χ3n) is 6.57. The summed E-state index contributed by atoms with van der Waals surface area (Å²) in [5, 5.41) is 0. The summed E-state index contributed by atoms with van der Waals surface area (Å²) in [5.41, 5.74) is 3.67. The predicted molar refractivity (Wildman–Crippen MR) is 114 cm³/mol. The zero-order valence-electron chi connectivity index (χ0n) is 17.6. The molecule has 3 aliphatic rings. The van der Waals surface area contributed by atoms with Crippen molar-refractivity contribution >= 4 is 5.91 Å². The first-order valence-corrected chi connectivity index (χ1v) is 11.0. The lowest BCUT2D eigenvalue weighted by molar-refractivity contribution is -0.131. The second kappa shape index (κ2) is 8.21. The molecule has 2 aromatic carbocycles. The molecule has 1 amide bonds. The number of rotatable bonds is 7. The van der Waals surface area contributed by atoms with Crippen LogP contribution in [0, 0.1) is 5.92 Å². The lowest BCUT2D eigenvalue weighted by Gasteiger charge is -2.32. The molecule has 5 nitrogen and oxygen atoms in total. The van der Waals surface area contributed by atoms with Crippen molar-refractivity contribution in [3.8, 4) is 17.2 Å². The van der Waals surface area contributed by atoms with Crippen molar-refractivity contribution in [2.24, 2.45) is 5.92 Å².